The van der Waals surface area contributed by atoms with Gasteiger partial charge in [-0.3, -0.25) is 4.79 Å². The number of ether oxygens (including phenoxy) is 1. The van der Waals surface area contributed by atoms with Crippen molar-refractivity contribution in [1.29, 1.82) is 0 Å². The normalized spacial score (nSPS) is 12.2. The van der Waals surface area contributed by atoms with Gasteiger partial charge in [0, 0.05) is 0 Å². The first-order chi connectivity index (χ1) is 8.93. The zero-order valence-electron chi connectivity index (χ0n) is 9.51. The fourth-order valence-corrected chi connectivity index (χ4v) is 0.776. The van der Waals surface area contributed by atoms with E-state index in [1.54, 1.807) is 0 Å². The Bertz CT molecular complexity index is 400. The van der Waals surface area contributed by atoms with Crippen molar-refractivity contribution in [3.8, 4) is 0 Å². The molecule has 0 aromatic heterocycles. The Hall–Kier alpha value is -1.90. The van der Waals surface area contributed by atoms with Gasteiger partial charge >= 0.3 is 20.0 Å². The summed E-state index contributed by atoms with van der Waals surface area (Å²) in [5, 5.41) is 2.96. The summed E-state index contributed by atoms with van der Waals surface area (Å²) in [4.78, 5) is 37.4. The van der Waals surface area contributed by atoms with Crippen LogP contribution in [0.3, 0.4) is 0 Å². The highest BCUT2D eigenvalue weighted by Crippen LogP contribution is 2.03. The second-order valence-electron chi connectivity index (χ2n) is 2.76. The summed E-state index contributed by atoms with van der Waals surface area (Å²) in [6.45, 7) is 2.23. The van der Waals surface area contributed by atoms with E-state index in [1.807, 2.05) is 0 Å². The minimum absolute atomic E-state index is 0.241. The van der Waals surface area contributed by atoms with Crippen molar-refractivity contribution in [3.63, 3.8) is 0 Å². The second-order valence-corrected chi connectivity index (χ2v) is 3.14. The maximum absolute atomic E-state index is 12.6. The lowest BCUT2D eigenvalue weighted by atomic mass is 10.2. The number of nitrogens with zero attached hydrogens (tertiary/aromatic N) is 1. The molecule has 0 aromatic rings. The fraction of sp³-hybridized carbons (Fsp3) is 0.333. The van der Waals surface area contributed by atoms with Crippen molar-refractivity contribution in [1.82, 2.24) is 0 Å². The van der Waals surface area contributed by atoms with Crippen LogP contribution in [0.2, 0.25) is 0 Å². The largest absolute Gasteiger partial charge is 0.541 e. The third-order valence-corrected chi connectivity index (χ3v) is 1.63. The number of halogens is 2. The molecular weight excluding hydrogens is 283 g/mol. The van der Waals surface area contributed by atoms with Crippen LogP contribution >= 0.6 is 11.6 Å². The predicted molar refractivity (Wildman–Crippen MR) is 62.1 cm³/mol. The maximum atomic E-state index is 12.6. The highest BCUT2D eigenvalue weighted by molar-refractivity contribution is 6.68. The highest BCUT2D eigenvalue weighted by Gasteiger charge is 2.29. The minimum Gasteiger partial charge on any atom is -0.541 e. The number of oxime groups is 1. The molecule has 0 fully saturated rings. The number of hydrogen-bond donors (Lipinski definition) is 0. The molecule has 0 heterocycles. The molecule has 7 nitrogen and oxygen atoms in total. The molecule has 10 heteroatoms. The van der Waals surface area contributed by atoms with E-state index >= 15 is 0 Å². The first-order valence-corrected chi connectivity index (χ1v) is 5.07. The third-order valence-electron chi connectivity index (χ3n) is 1.43. The molecule has 0 aliphatic carbocycles. The van der Waals surface area contributed by atoms with E-state index in [0.29, 0.717) is 0 Å². The summed E-state index contributed by atoms with van der Waals surface area (Å²) in [6.07, 6.45) is 1.21. The maximum Gasteiger partial charge on any atom is 0.378 e. The van der Waals surface area contributed by atoms with E-state index in [1.165, 1.54) is 6.08 Å². The number of Topliss-reactive ketones (excluding diaryl/α,β-unsaturated/α-hetero) is 1. The summed E-state index contributed by atoms with van der Waals surface area (Å²) in [5.74, 6) is -3.79. The van der Waals surface area contributed by atoms with Gasteiger partial charge in [0.2, 0.25) is 23.7 Å². The van der Waals surface area contributed by atoms with Gasteiger partial charge in [-0.1, -0.05) is 29.4 Å². The van der Waals surface area contributed by atoms with Gasteiger partial charge in [-0.15, -0.1) is 0 Å². The lowest BCUT2D eigenvalue weighted by molar-refractivity contribution is -0.140. The van der Waals surface area contributed by atoms with Crippen LogP contribution in [0, 0.1) is 0 Å². The van der Waals surface area contributed by atoms with E-state index < -0.39 is 35.7 Å². The van der Waals surface area contributed by atoms with Gasteiger partial charge in [0.25, 0.3) is 0 Å². The first-order valence-electron chi connectivity index (χ1n) is 4.64. The van der Waals surface area contributed by atoms with Crippen LogP contribution in [-0.4, -0.2) is 50.3 Å². The third kappa shape index (κ3) is 6.56. The summed E-state index contributed by atoms with van der Waals surface area (Å²) < 4.78 is 20.8. The van der Waals surface area contributed by atoms with E-state index in [4.69, 9.17) is 11.6 Å². The number of carbonyl (C=O) groups excluding carboxylic acids is 3. The van der Waals surface area contributed by atoms with Gasteiger partial charge in [-0.25, -0.2) is 14.0 Å². The molecule has 1 unspecified atom stereocenters. The molecule has 0 amide bonds. The zero-order chi connectivity index (χ0) is 14.8. The molecule has 102 valence electrons. The van der Waals surface area contributed by atoms with Crippen molar-refractivity contribution < 1.29 is 33.0 Å². The molecule has 19 heavy (non-hydrogen) atoms. The number of hydrogen-bond acceptors (Lipinski definition) is 7. The van der Waals surface area contributed by atoms with Crippen molar-refractivity contribution in [2.45, 2.75) is 5.63 Å². The van der Waals surface area contributed by atoms with Crippen LogP contribution in [0.1, 0.15) is 0 Å². The Labute approximate surface area is 113 Å². The van der Waals surface area contributed by atoms with Gasteiger partial charge in [-0.2, -0.15) is 0 Å². The van der Waals surface area contributed by atoms with E-state index in [2.05, 4.69) is 34.0 Å². The van der Waals surface area contributed by atoms with Gasteiger partial charge in [0.05, 0.1) is 0 Å². The molecule has 1 atom stereocenters. The lowest BCUT2D eigenvalue weighted by Crippen LogP contribution is -2.31. The Morgan fingerprint density at radius 2 is 2.11 bits per heavy atom. The second kappa shape index (κ2) is 9.09. The zero-order valence-corrected chi connectivity index (χ0v) is 10.3. The molecule has 0 bridgehead atoms. The van der Waals surface area contributed by atoms with E-state index in [-0.39, 0.29) is 6.61 Å². The van der Waals surface area contributed by atoms with Crippen LogP contribution in [0.25, 0.3) is 0 Å². The van der Waals surface area contributed by atoms with Gasteiger partial charge in [-0.05, 0) is 0 Å². The molecule has 0 spiro atoms. The number of ketones is 1. The van der Waals surface area contributed by atoms with Crippen molar-refractivity contribution >= 4 is 43.1 Å². The van der Waals surface area contributed by atoms with Crippen LogP contribution in [0.5, 0.6) is 0 Å². The number of rotatable bonds is 8. The Morgan fingerprint density at radius 1 is 1.47 bits per heavy atom. The Morgan fingerprint density at radius 3 is 2.58 bits per heavy atom. The van der Waals surface area contributed by atoms with Crippen molar-refractivity contribution in [2.24, 2.45) is 5.16 Å². The summed E-state index contributed by atoms with van der Waals surface area (Å²) in [7, 11) is 4.49. The number of carbonyl (C=O) groups is 3. The van der Waals surface area contributed by atoms with Crippen LogP contribution < -0.4 is 0 Å². The Balaban J connectivity index is 4.80. The summed E-state index contributed by atoms with van der Waals surface area (Å²) >= 11 is 4.88. The fourth-order valence-electron chi connectivity index (χ4n) is 0.673. The summed E-state index contributed by atoms with van der Waals surface area (Å²) in [6, 6.07) is 0. The average molecular weight is 291 g/mol. The molecule has 2 radical (unpaired) electrons. The summed E-state index contributed by atoms with van der Waals surface area (Å²) in [5.41, 5.74) is -3.56. The van der Waals surface area contributed by atoms with Crippen LogP contribution in [-0.2, 0) is 28.6 Å². The van der Waals surface area contributed by atoms with E-state index in [9.17, 15) is 18.8 Å². The van der Waals surface area contributed by atoms with Crippen molar-refractivity contribution in [3.05, 3.63) is 12.7 Å². The topological polar surface area (TPSA) is 91.3 Å². The molecule has 0 aliphatic rings. The molecule has 0 aromatic carbocycles. The molecule has 0 N–H and O–H groups in total. The quantitative estimate of drug-likeness (QED) is 0.117. The predicted octanol–water partition coefficient (Wildman–Crippen LogP) is -0.182. The van der Waals surface area contributed by atoms with Gasteiger partial charge in [0.15, 0.2) is 0 Å². The van der Waals surface area contributed by atoms with Gasteiger partial charge in [0.1, 0.15) is 6.61 Å². The molecule has 0 aliphatic heterocycles. The Kier molecular flexibility index (Phi) is 8.18. The molecule has 0 saturated carbocycles. The number of esters is 1. The minimum atomic E-state index is -2.51. The smallest absolute Gasteiger partial charge is 0.378 e. The highest BCUT2D eigenvalue weighted by atomic mass is 35.5. The van der Waals surface area contributed by atoms with E-state index in [0.717, 1.165) is 0 Å². The molecule has 0 rings (SSSR count). The first kappa shape index (κ1) is 17.1. The monoisotopic (exact) mass is 291 g/mol. The average Bonchev–Trinajstić information content (AvgIpc) is 2.39. The van der Waals surface area contributed by atoms with Gasteiger partial charge < -0.3 is 14.2 Å². The van der Waals surface area contributed by atoms with Crippen molar-refractivity contribution in [2.75, 3.05) is 13.2 Å². The standard InChI is InChI=1S/C9H8BClFNO6/c1-2-3-17-9(16)6(7(15)8(11)12)13-18-4-5(14)19-10/h2,8H,1,3-4H2/b13-6-. The molecular formula is C9H8BClFNO6. The van der Waals surface area contributed by atoms with Crippen LogP contribution in [0.15, 0.2) is 17.8 Å². The lowest BCUT2D eigenvalue weighted by Gasteiger charge is -2.05. The number of alkyl halides is 2. The molecule has 0 saturated heterocycles. The van der Waals surface area contributed by atoms with Crippen LogP contribution in [0.4, 0.5) is 4.39 Å². The SMILES string of the molecule is [B]OC(=O)CO/N=C(\C(=O)OCC=C)C(=O)C(F)Cl.